The van der Waals surface area contributed by atoms with Gasteiger partial charge in [-0.3, -0.25) is 4.99 Å². The predicted molar refractivity (Wildman–Crippen MR) is 86.6 cm³/mol. The predicted octanol–water partition coefficient (Wildman–Crippen LogP) is 1.64. The Balaban J connectivity index is 2.52. The lowest BCUT2D eigenvalue weighted by atomic mass is 10.3. The molecule has 0 atom stereocenters. The second-order valence-corrected chi connectivity index (χ2v) is 7.29. The molecule has 0 saturated carbocycles. The maximum absolute atomic E-state index is 11.3. The van der Waals surface area contributed by atoms with E-state index in [4.69, 9.17) is 10.5 Å². The van der Waals surface area contributed by atoms with Crippen LogP contribution in [0.15, 0.2) is 29.3 Å². The number of guanidine groups is 1. The average Bonchev–Trinajstić information content (AvgIpc) is 2.40. The molecule has 0 bridgehead atoms. The van der Waals surface area contributed by atoms with Gasteiger partial charge in [-0.15, -0.1) is 0 Å². The van der Waals surface area contributed by atoms with E-state index in [0.717, 1.165) is 11.4 Å². The van der Waals surface area contributed by atoms with Crippen molar-refractivity contribution in [2.75, 3.05) is 23.4 Å². The molecular formula is C14H23N3O3S. The van der Waals surface area contributed by atoms with Crippen LogP contribution in [-0.4, -0.2) is 38.5 Å². The van der Waals surface area contributed by atoms with E-state index >= 15 is 0 Å². The molecule has 0 fully saturated rings. The Morgan fingerprint density at radius 1 is 1.33 bits per heavy atom. The molecule has 0 aliphatic rings. The maximum Gasteiger partial charge on any atom is 0.193 e. The largest absolute Gasteiger partial charge is 0.491 e. The summed E-state index contributed by atoms with van der Waals surface area (Å²) in [6.45, 7) is 5.69. The average molecular weight is 313 g/mol. The van der Waals surface area contributed by atoms with Gasteiger partial charge in [0, 0.05) is 11.4 Å². The molecule has 3 N–H and O–H groups in total. The number of benzene rings is 1. The van der Waals surface area contributed by atoms with Crippen molar-refractivity contribution in [1.82, 2.24) is 0 Å². The van der Waals surface area contributed by atoms with Crippen LogP contribution in [0, 0.1) is 0 Å². The first-order chi connectivity index (χ1) is 9.82. The fourth-order valence-electron chi connectivity index (χ4n) is 1.53. The zero-order chi connectivity index (χ0) is 15.9. The van der Waals surface area contributed by atoms with Gasteiger partial charge in [0.25, 0.3) is 0 Å². The van der Waals surface area contributed by atoms with Crippen LogP contribution in [0.1, 0.15) is 20.8 Å². The van der Waals surface area contributed by atoms with E-state index in [1.54, 1.807) is 6.92 Å². The summed E-state index contributed by atoms with van der Waals surface area (Å²) in [5, 5.41) is 2.90. The van der Waals surface area contributed by atoms with Gasteiger partial charge in [-0.25, -0.2) is 8.42 Å². The highest BCUT2D eigenvalue weighted by Gasteiger charge is 2.06. The minimum atomic E-state index is -3.01. The molecular weight excluding hydrogens is 290 g/mol. The van der Waals surface area contributed by atoms with Gasteiger partial charge in [0.1, 0.15) is 5.75 Å². The lowest BCUT2D eigenvalue weighted by Crippen LogP contribution is -2.24. The quantitative estimate of drug-likeness (QED) is 0.589. The summed E-state index contributed by atoms with van der Waals surface area (Å²) in [7, 11) is -3.01. The number of nitrogens with zero attached hydrogens (tertiary/aromatic N) is 1. The van der Waals surface area contributed by atoms with Gasteiger partial charge < -0.3 is 15.8 Å². The lowest BCUT2D eigenvalue weighted by Gasteiger charge is -2.10. The van der Waals surface area contributed by atoms with Crippen LogP contribution < -0.4 is 15.8 Å². The van der Waals surface area contributed by atoms with Gasteiger partial charge in [-0.05, 0) is 38.1 Å². The van der Waals surface area contributed by atoms with E-state index < -0.39 is 9.84 Å². The Morgan fingerprint density at radius 3 is 2.48 bits per heavy atom. The van der Waals surface area contributed by atoms with E-state index in [9.17, 15) is 8.42 Å². The van der Waals surface area contributed by atoms with Crippen molar-refractivity contribution in [3.05, 3.63) is 24.3 Å². The number of aliphatic imine (C=N–C) groups is 1. The molecule has 6 nitrogen and oxygen atoms in total. The molecule has 0 heterocycles. The van der Waals surface area contributed by atoms with E-state index in [-0.39, 0.29) is 30.1 Å². The molecule has 0 unspecified atom stereocenters. The van der Waals surface area contributed by atoms with Crippen LogP contribution in [-0.2, 0) is 9.84 Å². The third-order valence-corrected chi connectivity index (χ3v) is 4.31. The van der Waals surface area contributed by atoms with Crippen molar-refractivity contribution < 1.29 is 13.2 Å². The first-order valence-electron chi connectivity index (χ1n) is 6.86. The van der Waals surface area contributed by atoms with E-state index in [0.29, 0.717) is 0 Å². The number of nitrogens with one attached hydrogen (secondary N) is 1. The van der Waals surface area contributed by atoms with Gasteiger partial charge in [0.15, 0.2) is 15.8 Å². The van der Waals surface area contributed by atoms with Gasteiger partial charge >= 0.3 is 0 Å². The summed E-state index contributed by atoms with van der Waals surface area (Å²) in [5.74, 6) is 1.10. The summed E-state index contributed by atoms with van der Waals surface area (Å²) in [4.78, 5) is 4.00. The second kappa shape index (κ2) is 7.87. The Kier molecular flexibility index (Phi) is 6.48. The van der Waals surface area contributed by atoms with E-state index in [2.05, 4.69) is 10.3 Å². The van der Waals surface area contributed by atoms with Crippen molar-refractivity contribution in [3.8, 4) is 5.75 Å². The second-order valence-electron chi connectivity index (χ2n) is 4.82. The topological polar surface area (TPSA) is 93.8 Å². The molecule has 0 aliphatic heterocycles. The van der Waals surface area contributed by atoms with E-state index in [1.807, 2.05) is 38.1 Å². The van der Waals surface area contributed by atoms with Crippen LogP contribution in [0.4, 0.5) is 5.69 Å². The highest BCUT2D eigenvalue weighted by atomic mass is 32.2. The smallest absolute Gasteiger partial charge is 0.193 e. The van der Waals surface area contributed by atoms with Crippen molar-refractivity contribution in [1.29, 1.82) is 0 Å². The standard InChI is InChI=1S/C14H23N3O3S/c1-4-21(18,19)10-9-16-14(15)17-12-5-7-13(8-6-12)20-11(2)3/h5-8,11H,4,9-10H2,1-3H3,(H3,15,16,17). The number of rotatable bonds is 7. The molecule has 0 radical (unpaired) electrons. The van der Waals surface area contributed by atoms with Gasteiger partial charge in [0.05, 0.1) is 18.4 Å². The fourth-order valence-corrected chi connectivity index (χ4v) is 2.18. The van der Waals surface area contributed by atoms with Crippen molar-refractivity contribution in [3.63, 3.8) is 0 Å². The number of hydrogen-bond acceptors (Lipinski definition) is 4. The minimum absolute atomic E-state index is 0.00699. The fraction of sp³-hybridized carbons (Fsp3) is 0.500. The maximum atomic E-state index is 11.3. The third kappa shape index (κ3) is 6.99. The van der Waals surface area contributed by atoms with Crippen molar-refractivity contribution >= 4 is 21.5 Å². The Bertz CT molecular complexity index is 566. The zero-order valence-electron chi connectivity index (χ0n) is 12.7. The van der Waals surface area contributed by atoms with Crippen LogP contribution in [0.3, 0.4) is 0 Å². The highest BCUT2D eigenvalue weighted by molar-refractivity contribution is 7.91. The molecule has 1 rings (SSSR count). The Labute approximate surface area is 126 Å². The first kappa shape index (κ1) is 17.3. The van der Waals surface area contributed by atoms with Crippen LogP contribution in [0.5, 0.6) is 5.75 Å². The summed E-state index contributed by atoms with van der Waals surface area (Å²) in [6, 6.07) is 7.31. The number of ether oxygens (including phenoxy) is 1. The molecule has 7 heteroatoms. The van der Waals surface area contributed by atoms with Gasteiger partial charge in [0.2, 0.25) is 0 Å². The molecule has 0 saturated heterocycles. The van der Waals surface area contributed by atoms with Crippen molar-refractivity contribution in [2.45, 2.75) is 26.9 Å². The molecule has 0 aliphatic carbocycles. The Morgan fingerprint density at radius 2 is 1.95 bits per heavy atom. The van der Waals surface area contributed by atoms with Crippen LogP contribution >= 0.6 is 0 Å². The SMILES string of the molecule is CCS(=O)(=O)CCN=C(N)Nc1ccc(OC(C)C)cc1. The summed E-state index contributed by atoms with van der Waals surface area (Å²) in [5.41, 5.74) is 6.48. The third-order valence-electron chi connectivity index (χ3n) is 2.62. The molecule has 0 spiro atoms. The molecule has 1 aromatic carbocycles. The molecule has 0 amide bonds. The molecule has 0 aromatic heterocycles. The first-order valence-corrected chi connectivity index (χ1v) is 8.68. The van der Waals surface area contributed by atoms with Gasteiger partial charge in [-0.2, -0.15) is 0 Å². The summed E-state index contributed by atoms with van der Waals surface area (Å²) >= 11 is 0. The molecule has 1 aromatic rings. The summed E-state index contributed by atoms with van der Waals surface area (Å²) in [6.07, 6.45) is 0.121. The molecule has 118 valence electrons. The zero-order valence-corrected chi connectivity index (χ0v) is 13.5. The number of nitrogens with two attached hydrogens (primary N) is 1. The van der Waals surface area contributed by atoms with Crippen molar-refractivity contribution in [2.24, 2.45) is 10.7 Å². The van der Waals surface area contributed by atoms with E-state index in [1.165, 1.54) is 0 Å². The monoisotopic (exact) mass is 313 g/mol. The highest BCUT2D eigenvalue weighted by Crippen LogP contribution is 2.16. The lowest BCUT2D eigenvalue weighted by molar-refractivity contribution is 0.242. The number of sulfone groups is 1. The van der Waals surface area contributed by atoms with Crippen LogP contribution in [0.2, 0.25) is 0 Å². The van der Waals surface area contributed by atoms with Gasteiger partial charge in [-0.1, -0.05) is 6.92 Å². The minimum Gasteiger partial charge on any atom is -0.491 e. The van der Waals surface area contributed by atoms with Crippen LogP contribution in [0.25, 0.3) is 0 Å². The Hall–Kier alpha value is -1.76. The summed E-state index contributed by atoms with van der Waals surface area (Å²) < 4.78 is 28.2. The molecule has 21 heavy (non-hydrogen) atoms. The normalized spacial score (nSPS) is 12.5. The number of hydrogen-bond donors (Lipinski definition) is 2. The number of anilines is 1.